The first-order valence-electron chi connectivity index (χ1n) is 7.57. The van der Waals surface area contributed by atoms with Crippen molar-refractivity contribution in [3.05, 3.63) is 35.4 Å². The normalized spacial score (nSPS) is 18.0. The number of nitrogens with zero attached hydrogens (tertiary/aromatic N) is 1. The van der Waals surface area contributed by atoms with Crippen molar-refractivity contribution in [3.63, 3.8) is 0 Å². The number of carbonyl (C=O) groups is 1. The molecular weight excluding hydrogens is 293 g/mol. The second-order valence-electron chi connectivity index (χ2n) is 5.73. The molecule has 0 spiro atoms. The lowest BCUT2D eigenvalue weighted by molar-refractivity contribution is -0.137. The molecule has 1 heterocycles. The minimum absolute atomic E-state index is 0.235. The summed E-state index contributed by atoms with van der Waals surface area (Å²) >= 11 is 0. The van der Waals surface area contributed by atoms with Crippen LogP contribution in [0.4, 0.5) is 13.2 Å². The maximum Gasteiger partial charge on any atom is 0.416 e. The predicted molar refractivity (Wildman–Crippen MR) is 78.7 cm³/mol. The number of nitrogens with one attached hydrogen (secondary N) is 1. The number of likely N-dealkylation sites (tertiary alicyclic amines) is 1. The highest BCUT2D eigenvalue weighted by Gasteiger charge is 2.30. The largest absolute Gasteiger partial charge is 0.416 e. The molecule has 0 radical (unpaired) electrons. The van der Waals surface area contributed by atoms with Crippen molar-refractivity contribution in [1.29, 1.82) is 0 Å². The lowest BCUT2D eigenvalue weighted by Crippen LogP contribution is -2.44. The standard InChI is InChI=1S/C16H21F3N2O/c1-12(21-9-3-2-4-10-21)11-20-15(22)13-5-7-14(8-6-13)16(17,18)19/h5-8,12H,2-4,9-11H2,1H3,(H,20,22). The molecule has 1 aliphatic heterocycles. The van der Waals surface area contributed by atoms with E-state index in [0.29, 0.717) is 6.54 Å². The van der Waals surface area contributed by atoms with Crippen LogP contribution in [0.3, 0.4) is 0 Å². The van der Waals surface area contributed by atoms with E-state index in [2.05, 4.69) is 17.1 Å². The highest BCUT2D eigenvalue weighted by atomic mass is 19.4. The Hall–Kier alpha value is -1.56. The van der Waals surface area contributed by atoms with Gasteiger partial charge in [0.05, 0.1) is 5.56 Å². The van der Waals surface area contributed by atoms with E-state index in [1.165, 1.54) is 31.4 Å². The molecule has 1 unspecified atom stereocenters. The van der Waals surface area contributed by atoms with E-state index in [4.69, 9.17) is 0 Å². The van der Waals surface area contributed by atoms with Crippen LogP contribution in [0, 0.1) is 0 Å². The number of hydrogen-bond donors (Lipinski definition) is 1. The summed E-state index contributed by atoms with van der Waals surface area (Å²) in [6.45, 7) is 4.63. The van der Waals surface area contributed by atoms with Crippen molar-refractivity contribution < 1.29 is 18.0 Å². The van der Waals surface area contributed by atoms with Gasteiger partial charge < -0.3 is 5.32 Å². The number of hydrogen-bond acceptors (Lipinski definition) is 2. The average molecular weight is 314 g/mol. The molecule has 1 amide bonds. The highest BCUT2D eigenvalue weighted by Crippen LogP contribution is 2.29. The molecule has 1 fully saturated rings. The number of rotatable bonds is 4. The topological polar surface area (TPSA) is 32.3 Å². The second-order valence-corrected chi connectivity index (χ2v) is 5.73. The molecule has 1 atom stereocenters. The van der Waals surface area contributed by atoms with E-state index >= 15 is 0 Å². The van der Waals surface area contributed by atoms with E-state index in [-0.39, 0.29) is 17.5 Å². The Labute approximate surface area is 128 Å². The summed E-state index contributed by atoms with van der Waals surface area (Å²) in [6.07, 6.45) is -0.771. The highest BCUT2D eigenvalue weighted by molar-refractivity contribution is 5.94. The van der Waals surface area contributed by atoms with E-state index in [0.717, 1.165) is 25.2 Å². The Bertz CT molecular complexity index is 493. The fourth-order valence-electron chi connectivity index (χ4n) is 2.64. The number of piperidine rings is 1. The van der Waals surface area contributed by atoms with Gasteiger partial charge in [-0.25, -0.2) is 0 Å². The van der Waals surface area contributed by atoms with Gasteiger partial charge in [0.1, 0.15) is 0 Å². The van der Waals surface area contributed by atoms with Crippen LogP contribution in [0.2, 0.25) is 0 Å². The second kappa shape index (κ2) is 7.13. The Kier molecular flexibility index (Phi) is 5.45. The summed E-state index contributed by atoms with van der Waals surface area (Å²) in [5, 5.41) is 2.79. The molecule has 1 aromatic rings. The third kappa shape index (κ3) is 4.47. The summed E-state index contributed by atoms with van der Waals surface area (Å²) < 4.78 is 37.4. The molecule has 122 valence electrons. The fourth-order valence-corrected chi connectivity index (χ4v) is 2.64. The molecule has 0 aliphatic carbocycles. The number of benzene rings is 1. The molecule has 3 nitrogen and oxygen atoms in total. The quantitative estimate of drug-likeness (QED) is 0.925. The van der Waals surface area contributed by atoms with Crippen molar-refractivity contribution in [2.75, 3.05) is 19.6 Å². The SMILES string of the molecule is CC(CNC(=O)c1ccc(C(F)(F)F)cc1)N1CCCCC1. The number of amides is 1. The molecule has 0 bridgehead atoms. The van der Waals surface area contributed by atoms with Crippen molar-refractivity contribution in [2.24, 2.45) is 0 Å². The van der Waals surface area contributed by atoms with Gasteiger partial charge in [0.25, 0.3) is 5.91 Å². The number of halogens is 3. The molecule has 0 saturated carbocycles. The lowest BCUT2D eigenvalue weighted by atomic mass is 10.1. The predicted octanol–water partition coefficient (Wildman–Crippen LogP) is 3.31. The first-order valence-corrected chi connectivity index (χ1v) is 7.57. The zero-order valence-electron chi connectivity index (χ0n) is 12.6. The third-order valence-corrected chi connectivity index (χ3v) is 4.05. The summed E-state index contributed by atoms with van der Waals surface area (Å²) in [5.41, 5.74) is -0.496. The first kappa shape index (κ1) is 16.8. The summed E-state index contributed by atoms with van der Waals surface area (Å²) in [7, 11) is 0. The summed E-state index contributed by atoms with van der Waals surface area (Å²) in [4.78, 5) is 14.3. The van der Waals surface area contributed by atoms with Crippen molar-refractivity contribution in [1.82, 2.24) is 10.2 Å². The molecule has 1 aromatic carbocycles. The minimum Gasteiger partial charge on any atom is -0.350 e. The van der Waals surface area contributed by atoms with Gasteiger partial charge in [-0.3, -0.25) is 9.69 Å². The van der Waals surface area contributed by atoms with Crippen LogP contribution in [0.25, 0.3) is 0 Å². The van der Waals surface area contributed by atoms with Gasteiger partial charge in [0, 0.05) is 18.2 Å². The van der Waals surface area contributed by atoms with E-state index in [1.807, 2.05) is 0 Å². The summed E-state index contributed by atoms with van der Waals surface area (Å²) in [5.74, 6) is -0.336. The fraction of sp³-hybridized carbons (Fsp3) is 0.562. The molecule has 6 heteroatoms. The van der Waals surface area contributed by atoms with Gasteiger partial charge in [0.2, 0.25) is 0 Å². The minimum atomic E-state index is -4.38. The van der Waals surface area contributed by atoms with Gasteiger partial charge in [-0.05, 0) is 57.1 Å². The van der Waals surface area contributed by atoms with Gasteiger partial charge in [-0.15, -0.1) is 0 Å². The first-order chi connectivity index (χ1) is 10.4. The smallest absolute Gasteiger partial charge is 0.350 e. The maximum atomic E-state index is 12.5. The van der Waals surface area contributed by atoms with E-state index < -0.39 is 11.7 Å². The zero-order valence-corrected chi connectivity index (χ0v) is 12.6. The Morgan fingerprint density at radius 1 is 1.18 bits per heavy atom. The Morgan fingerprint density at radius 3 is 2.32 bits per heavy atom. The van der Waals surface area contributed by atoms with Crippen LogP contribution in [0.1, 0.15) is 42.1 Å². The molecule has 22 heavy (non-hydrogen) atoms. The summed E-state index contributed by atoms with van der Waals surface area (Å²) in [6, 6.07) is 4.53. The molecular formula is C16H21F3N2O. The van der Waals surface area contributed by atoms with Crippen LogP contribution < -0.4 is 5.32 Å². The van der Waals surface area contributed by atoms with Crippen LogP contribution in [0.5, 0.6) is 0 Å². The van der Waals surface area contributed by atoms with Gasteiger partial charge in [0.15, 0.2) is 0 Å². The van der Waals surface area contributed by atoms with Crippen molar-refractivity contribution in [2.45, 2.75) is 38.4 Å². The van der Waals surface area contributed by atoms with Gasteiger partial charge in [-0.2, -0.15) is 13.2 Å². The maximum absolute atomic E-state index is 12.5. The van der Waals surface area contributed by atoms with E-state index in [9.17, 15) is 18.0 Å². The van der Waals surface area contributed by atoms with Crippen LogP contribution in [-0.2, 0) is 6.18 Å². The number of carbonyl (C=O) groups excluding carboxylic acids is 1. The van der Waals surface area contributed by atoms with Crippen molar-refractivity contribution >= 4 is 5.91 Å². The Balaban J connectivity index is 1.86. The average Bonchev–Trinajstić information content (AvgIpc) is 2.52. The lowest BCUT2D eigenvalue weighted by Gasteiger charge is -2.32. The van der Waals surface area contributed by atoms with Crippen molar-refractivity contribution in [3.8, 4) is 0 Å². The van der Waals surface area contributed by atoms with Crippen LogP contribution in [-0.4, -0.2) is 36.5 Å². The monoisotopic (exact) mass is 314 g/mol. The van der Waals surface area contributed by atoms with Gasteiger partial charge >= 0.3 is 6.18 Å². The molecule has 1 N–H and O–H groups in total. The molecule has 1 saturated heterocycles. The molecule has 1 aliphatic rings. The Morgan fingerprint density at radius 2 is 1.77 bits per heavy atom. The van der Waals surface area contributed by atoms with Gasteiger partial charge in [-0.1, -0.05) is 6.42 Å². The molecule has 0 aromatic heterocycles. The third-order valence-electron chi connectivity index (χ3n) is 4.05. The molecule has 2 rings (SSSR count). The zero-order chi connectivity index (χ0) is 16.2. The van der Waals surface area contributed by atoms with E-state index in [1.54, 1.807) is 0 Å². The van der Waals surface area contributed by atoms with Crippen LogP contribution >= 0.6 is 0 Å². The van der Waals surface area contributed by atoms with Crippen LogP contribution in [0.15, 0.2) is 24.3 Å². The number of alkyl halides is 3.